The second-order valence-corrected chi connectivity index (χ2v) is 7.84. The van der Waals surface area contributed by atoms with Crippen LogP contribution in [0, 0.1) is 0 Å². The molecule has 0 amide bonds. The van der Waals surface area contributed by atoms with Crippen molar-refractivity contribution in [1.29, 1.82) is 0 Å². The Balaban J connectivity index is 2.00. The molecule has 1 aliphatic carbocycles. The molecule has 0 N–H and O–H groups in total. The van der Waals surface area contributed by atoms with Gasteiger partial charge < -0.3 is 4.74 Å². The first-order chi connectivity index (χ1) is 10.6. The average molecular weight is 380 g/mol. The van der Waals surface area contributed by atoms with Gasteiger partial charge in [-0.15, -0.1) is 11.8 Å². The third-order valence-corrected chi connectivity index (χ3v) is 6.06. The smallest absolute Gasteiger partial charge is 0.322 e. The van der Waals surface area contributed by atoms with E-state index in [1.807, 2.05) is 31.3 Å². The number of hydrogen-bond acceptors (Lipinski definition) is 4. The first-order valence-electron chi connectivity index (χ1n) is 7.55. The Morgan fingerprint density at radius 1 is 1.36 bits per heavy atom. The van der Waals surface area contributed by atoms with Crippen molar-refractivity contribution in [2.75, 3.05) is 6.61 Å². The zero-order valence-electron chi connectivity index (χ0n) is 12.5. The topological polar surface area (TPSA) is 39.2 Å². The molecule has 0 radical (unpaired) electrons. The predicted octanol–water partition coefficient (Wildman–Crippen LogP) is 4.97. The molecule has 116 valence electrons. The Bertz CT molecular complexity index is 698. The van der Waals surface area contributed by atoms with E-state index in [0.717, 1.165) is 46.0 Å². The lowest BCUT2D eigenvalue weighted by Gasteiger charge is -2.26. The molecule has 1 heterocycles. The van der Waals surface area contributed by atoms with Crippen LogP contribution < -0.4 is 0 Å². The Morgan fingerprint density at radius 2 is 2.14 bits per heavy atom. The van der Waals surface area contributed by atoms with Crippen LogP contribution in [0.1, 0.15) is 32.6 Å². The van der Waals surface area contributed by atoms with Gasteiger partial charge in [0.1, 0.15) is 4.75 Å². The molecule has 3 nitrogen and oxygen atoms in total. The summed E-state index contributed by atoms with van der Waals surface area (Å²) in [4.78, 5) is 18.0. The normalized spacial score (nSPS) is 16.8. The van der Waals surface area contributed by atoms with Crippen molar-refractivity contribution in [1.82, 2.24) is 4.98 Å². The zero-order chi connectivity index (χ0) is 15.6. The molecule has 1 saturated carbocycles. The Kier molecular flexibility index (Phi) is 4.73. The van der Waals surface area contributed by atoms with Gasteiger partial charge in [0.05, 0.1) is 12.1 Å². The fraction of sp³-hybridized carbons (Fsp3) is 0.412. The minimum absolute atomic E-state index is 0.0718. The molecule has 1 aliphatic rings. The van der Waals surface area contributed by atoms with Crippen LogP contribution in [0.3, 0.4) is 0 Å². The molecule has 2 aromatic rings. The zero-order valence-corrected chi connectivity index (χ0v) is 14.9. The van der Waals surface area contributed by atoms with E-state index in [0.29, 0.717) is 6.61 Å². The monoisotopic (exact) mass is 379 g/mol. The molecule has 0 spiro atoms. The molecule has 0 atom stereocenters. The Morgan fingerprint density at radius 3 is 2.86 bits per heavy atom. The van der Waals surface area contributed by atoms with Crippen LogP contribution in [-0.4, -0.2) is 22.3 Å². The van der Waals surface area contributed by atoms with Crippen LogP contribution in [0.25, 0.3) is 10.9 Å². The highest BCUT2D eigenvalue weighted by Gasteiger charge is 2.43. The number of esters is 1. The SMILES string of the molecule is CCOC(=O)C1(Sc2ccnc3ccc(Br)cc23)CCCC1. The van der Waals surface area contributed by atoms with Crippen molar-refractivity contribution in [2.24, 2.45) is 0 Å². The number of hydrogen-bond donors (Lipinski definition) is 0. The van der Waals surface area contributed by atoms with Gasteiger partial charge in [0.15, 0.2) is 0 Å². The number of fused-ring (bicyclic) bond motifs is 1. The summed E-state index contributed by atoms with van der Waals surface area (Å²) in [5.74, 6) is -0.0718. The Hall–Kier alpha value is -1.07. The maximum absolute atomic E-state index is 12.5. The minimum atomic E-state index is -0.438. The summed E-state index contributed by atoms with van der Waals surface area (Å²) in [5.41, 5.74) is 0.949. The lowest BCUT2D eigenvalue weighted by atomic mass is 10.1. The van der Waals surface area contributed by atoms with Gasteiger partial charge in [-0.2, -0.15) is 0 Å². The summed E-state index contributed by atoms with van der Waals surface area (Å²) < 4.78 is 5.93. The van der Waals surface area contributed by atoms with Crippen LogP contribution in [0.5, 0.6) is 0 Å². The van der Waals surface area contributed by atoms with Crippen molar-refractivity contribution in [2.45, 2.75) is 42.2 Å². The third kappa shape index (κ3) is 3.01. The van der Waals surface area contributed by atoms with Crippen LogP contribution in [0.15, 0.2) is 39.8 Å². The van der Waals surface area contributed by atoms with Crippen molar-refractivity contribution in [3.05, 3.63) is 34.9 Å². The summed E-state index contributed by atoms with van der Waals surface area (Å²) in [6, 6.07) is 8.05. The average Bonchev–Trinajstić information content (AvgIpc) is 2.98. The van der Waals surface area contributed by atoms with E-state index in [1.54, 1.807) is 11.8 Å². The minimum Gasteiger partial charge on any atom is -0.465 e. The molecule has 1 aromatic carbocycles. The fourth-order valence-electron chi connectivity index (χ4n) is 2.95. The number of carbonyl (C=O) groups is 1. The number of benzene rings is 1. The van der Waals surface area contributed by atoms with Gasteiger partial charge in [-0.3, -0.25) is 9.78 Å². The summed E-state index contributed by atoms with van der Waals surface area (Å²) in [6.45, 7) is 2.30. The molecular weight excluding hydrogens is 362 g/mol. The number of aromatic nitrogens is 1. The molecule has 0 unspecified atom stereocenters. The number of ether oxygens (including phenoxy) is 1. The van der Waals surface area contributed by atoms with E-state index in [1.165, 1.54) is 0 Å². The largest absolute Gasteiger partial charge is 0.465 e. The number of thioether (sulfide) groups is 1. The lowest BCUT2D eigenvalue weighted by molar-refractivity contribution is -0.145. The van der Waals surface area contributed by atoms with Gasteiger partial charge in [-0.1, -0.05) is 28.8 Å². The highest BCUT2D eigenvalue weighted by molar-refractivity contribution is 9.10. The second-order valence-electron chi connectivity index (χ2n) is 5.49. The lowest BCUT2D eigenvalue weighted by Crippen LogP contribution is -2.33. The summed E-state index contributed by atoms with van der Waals surface area (Å²) in [7, 11) is 0. The molecule has 0 aliphatic heterocycles. The third-order valence-electron chi connectivity index (χ3n) is 4.03. The van der Waals surface area contributed by atoms with E-state index in [4.69, 9.17) is 4.74 Å². The van der Waals surface area contributed by atoms with Crippen LogP contribution in [0.2, 0.25) is 0 Å². The van der Waals surface area contributed by atoms with Crippen molar-refractivity contribution in [3.63, 3.8) is 0 Å². The maximum atomic E-state index is 12.5. The molecule has 0 saturated heterocycles. The fourth-order valence-corrected chi connectivity index (χ4v) is 4.77. The van der Waals surface area contributed by atoms with Crippen LogP contribution in [0.4, 0.5) is 0 Å². The molecule has 3 rings (SSSR count). The molecule has 22 heavy (non-hydrogen) atoms. The first-order valence-corrected chi connectivity index (χ1v) is 9.16. The number of rotatable bonds is 4. The highest BCUT2D eigenvalue weighted by Crippen LogP contribution is 2.47. The van der Waals surface area contributed by atoms with Crippen LogP contribution >= 0.6 is 27.7 Å². The second kappa shape index (κ2) is 6.59. The number of carbonyl (C=O) groups excluding carboxylic acids is 1. The molecule has 1 fully saturated rings. The van der Waals surface area contributed by atoms with Gasteiger partial charge in [-0.05, 0) is 44.0 Å². The number of nitrogens with zero attached hydrogens (tertiary/aromatic N) is 1. The maximum Gasteiger partial charge on any atom is 0.322 e. The van der Waals surface area contributed by atoms with Gasteiger partial charge in [0.25, 0.3) is 0 Å². The highest BCUT2D eigenvalue weighted by atomic mass is 79.9. The van der Waals surface area contributed by atoms with E-state index in [2.05, 4.69) is 27.0 Å². The van der Waals surface area contributed by atoms with Crippen molar-refractivity contribution in [3.8, 4) is 0 Å². The quantitative estimate of drug-likeness (QED) is 0.703. The van der Waals surface area contributed by atoms with Gasteiger partial charge >= 0.3 is 5.97 Å². The van der Waals surface area contributed by atoms with Crippen molar-refractivity contribution < 1.29 is 9.53 Å². The Labute approximate surface area is 143 Å². The van der Waals surface area contributed by atoms with E-state index < -0.39 is 4.75 Å². The molecule has 5 heteroatoms. The molecule has 0 bridgehead atoms. The first kappa shape index (κ1) is 15.8. The van der Waals surface area contributed by atoms with Gasteiger partial charge in [0, 0.05) is 21.0 Å². The number of pyridine rings is 1. The van der Waals surface area contributed by atoms with E-state index in [-0.39, 0.29) is 5.97 Å². The van der Waals surface area contributed by atoms with E-state index >= 15 is 0 Å². The van der Waals surface area contributed by atoms with E-state index in [9.17, 15) is 4.79 Å². The summed E-state index contributed by atoms with van der Waals surface area (Å²) >= 11 is 5.17. The summed E-state index contributed by atoms with van der Waals surface area (Å²) in [5, 5.41) is 1.08. The predicted molar refractivity (Wildman–Crippen MR) is 93.1 cm³/mol. The van der Waals surface area contributed by atoms with Gasteiger partial charge in [0.2, 0.25) is 0 Å². The standard InChI is InChI=1S/C17H18BrNO2S/c1-2-21-16(20)17(8-3-4-9-17)22-15-7-10-19-14-6-5-12(18)11-13(14)15/h5-7,10-11H,2-4,8-9H2,1H3. The van der Waals surface area contributed by atoms with Crippen LogP contribution in [-0.2, 0) is 9.53 Å². The summed E-state index contributed by atoms with van der Waals surface area (Å²) in [6.07, 6.45) is 5.74. The number of halogens is 1. The van der Waals surface area contributed by atoms with Gasteiger partial charge in [-0.25, -0.2) is 0 Å². The molecular formula is C17H18BrNO2S. The van der Waals surface area contributed by atoms with Crippen molar-refractivity contribution >= 4 is 44.6 Å². The molecule has 1 aromatic heterocycles.